The van der Waals surface area contributed by atoms with Gasteiger partial charge in [0.05, 0.1) is 29.5 Å². The normalized spacial score (nSPS) is 22.0. The Labute approximate surface area is 247 Å². The van der Waals surface area contributed by atoms with Crippen molar-refractivity contribution in [1.29, 1.82) is 0 Å². The minimum Gasteiger partial charge on any atom is -0.493 e. The molecule has 0 spiro atoms. The van der Waals surface area contributed by atoms with Crippen molar-refractivity contribution in [3.63, 3.8) is 0 Å². The van der Waals surface area contributed by atoms with Crippen LogP contribution < -0.4 is 11.2 Å². The molecular weight excluding hydrogens is 573 g/mol. The zero-order valence-corrected chi connectivity index (χ0v) is 23.9. The largest absolute Gasteiger partial charge is 2.00 e. The van der Waals surface area contributed by atoms with Crippen LogP contribution in [0.2, 0.25) is 0 Å². The van der Waals surface area contributed by atoms with E-state index in [0.29, 0.717) is 19.4 Å². The molecule has 3 fully saturated rings. The summed E-state index contributed by atoms with van der Waals surface area (Å²) in [5.41, 5.74) is -1.03. The number of benzene rings is 1. The van der Waals surface area contributed by atoms with Crippen molar-refractivity contribution in [2.75, 3.05) is 13.2 Å². The molecule has 4 aliphatic rings. The van der Waals surface area contributed by atoms with E-state index in [1.54, 1.807) is 18.2 Å². The third-order valence-electron chi connectivity index (χ3n) is 8.80. The molecule has 12 heteroatoms. The van der Waals surface area contributed by atoms with Crippen LogP contribution in [-0.2, 0) is 21.2 Å². The first-order valence-corrected chi connectivity index (χ1v) is 14.6. The van der Waals surface area contributed by atoms with Gasteiger partial charge in [-0.15, -0.1) is 10.2 Å². The molecule has 1 N–H and O–H groups in total. The molecule has 6 rings (SSSR count). The number of aromatic hydroxyl groups is 1. The predicted octanol–water partition coefficient (Wildman–Crippen LogP) is 4.91. The van der Waals surface area contributed by atoms with Gasteiger partial charge in [-0.05, 0) is 50.7 Å². The smallest absolute Gasteiger partial charge is 0.493 e. The minimum atomic E-state index is -0.680. The van der Waals surface area contributed by atoms with Crippen molar-refractivity contribution in [2.24, 2.45) is 10.2 Å². The van der Waals surface area contributed by atoms with Gasteiger partial charge in [-0.2, -0.15) is 0 Å². The van der Waals surface area contributed by atoms with Gasteiger partial charge in [0.25, 0.3) is 17.4 Å². The van der Waals surface area contributed by atoms with Crippen molar-refractivity contribution in [3.05, 3.63) is 50.2 Å². The summed E-state index contributed by atoms with van der Waals surface area (Å²) in [4.78, 5) is 54.8. The molecule has 1 atom stereocenters. The molecule has 0 radical (unpaired) electrons. The van der Waals surface area contributed by atoms with Crippen LogP contribution >= 0.6 is 0 Å². The van der Waals surface area contributed by atoms with Crippen LogP contribution in [-0.4, -0.2) is 50.2 Å². The zero-order valence-electron chi connectivity index (χ0n) is 22.9. The number of hydrogen-bond donors (Lipinski definition) is 1. The maximum atomic E-state index is 13.7. The van der Waals surface area contributed by atoms with E-state index in [4.69, 9.17) is 4.74 Å². The van der Waals surface area contributed by atoms with Gasteiger partial charge in [-0.3, -0.25) is 28.4 Å². The summed E-state index contributed by atoms with van der Waals surface area (Å²) in [6, 6.07) is 4.25. The van der Waals surface area contributed by atoms with Crippen LogP contribution in [0.1, 0.15) is 110 Å². The number of fused-ring (bicyclic) bond motifs is 1. The van der Waals surface area contributed by atoms with Gasteiger partial charge in [-0.1, -0.05) is 44.6 Å². The Bertz CT molecular complexity index is 1470. The number of rotatable bonds is 6. The van der Waals surface area contributed by atoms with E-state index < -0.39 is 28.9 Å². The fraction of sp³-hybridized carbons (Fsp3) is 0.586. The van der Waals surface area contributed by atoms with Crippen LogP contribution in [0.25, 0.3) is 0 Å². The van der Waals surface area contributed by atoms with E-state index in [2.05, 4.69) is 10.2 Å². The molecule has 2 saturated carbocycles. The Balaban J connectivity index is 0.00000337. The Kier molecular flexibility index (Phi) is 8.89. The standard InChI is InChI=1S/C29H35N5O6.Ni/c35-25-21-14-7-15-22(23(21)26(36)32(25)17-20-13-8-16-40-20)30-31-24-27(37)33(18-9-3-1-4-10-18)29(39)34(28(24)38)19-11-5-2-6-12-19;/h7,14-15,18-20,37H,1-6,8-13,16-17H2;/q;+2. The summed E-state index contributed by atoms with van der Waals surface area (Å²) in [6.07, 6.45) is 10.2. The SMILES string of the molecule is O=C1c2cccc(N=Nc3c(O)n(C4CCCCC4)c(=O)n(C4CCCCC4)c3=O)c2C(=O)N1CC1CCCO1.[Ni+2]. The number of azo groups is 1. The molecule has 11 nitrogen and oxygen atoms in total. The van der Waals surface area contributed by atoms with E-state index in [-0.39, 0.29) is 63.7 Å². The van der Waals surface area contributed by atoms with Gasteiger partial charge in [0, 0.05) is 18.7 Å². The monoisotopic (exact) mass is 607 g/mol. The summed E-state index contributed by atoms with van der Waals surface area (Å²) in [7, 11) is 0. The summed E-state index contributed by atoms with van der Waals surface area (Å²) >= 11 is 0. The van der Waals surface area contributed by atoms with Crippen molar-refractivity contribution >= 4 is 23.2 Å². The Hall–Kier alpha value is -3.11. The Morgan fingerprint density at radius 1 is 0.805 bits per heavy atom. The molecule has 0 bridgehead atoms. The Morgan fingerprint density at radius 3 is 2.10 bits per heavy atom. The van der Waals surface area contributed by atoms with Crippen LogP contribution in [0.15, 0.2) is 38.0 Å². The molecule has 3 heterocycles. The first-order valence-electron chi connectivity index (χ1n) is 14.6. The molecule has 220 valence electrons. The number of imide groups is 1. The van der Waals surface area contributed by atoms with E-state index in [1.807, 2.05) is 0 Å². The molecule has 2 aromatic rings. The molecule has 1 aromatic carbocycles. The van der Waals surface area contributed by atoms with Crippen LogP contribution in [0.3, 0.4) is 0 Å². The second kappa shape index (κ2) is 12.4. The number of aromatic nitrogens is 2. The van der Waals surface area contributed by atoms with Crippen molar-refractivity contribution in [3.8, 4) is 5.88 Å². The van der Waals surface area contributed by atoms with Crippen LogP contribution in [0, 0.1) is 0 Å². The summed E-state index contributed by atoms with van der Waals surface area (Å²) < 4.78 is 8.21. The summed E-state index contributed by atoms with van der Waals surface area (Å²) in [6.45, 7) is 0.778. The molecule has 2 aliphatic heterocycles. The average Bonchev–Trinajstić information content (AvgIpc) is 3.57. The topological polar surface area (TPSA) is 136 Å². The van der Waals surface area contributed by atoms with Gasteiger partial charge in [0.1, 0.15) is 0 Å². The second-order valence-corrected chi connectivity index (χ2v) is 11.3. The number of nitrogens with zero attached hydrogens (tertiary/aromatic N) is 5. The third-order valence-corrected chi connectivity index (χ3v) is 8.80. The zero-order chi connectivity index (χ0) is 27.8. The number of amides is 2. The Morgan fingerprint density at radius 2 is 1.46 bits per heavy atom. The molecule has 41 heavy (non-hydrogen) atoms. The van der Waals surface area contributed by atoms with Crippen molar-refractivity contribution in [2.45, 2.75) is 95.2 Å². The van der Waals surface area contributed by atoms with Gasteiger partial charge in [0.2, 0.25) is 11.6 Å². The molecule has 1 aromatic heterocycles. The quantitative estimate of drug-likeness (QED) is 0.281. The third kappa shape index (κ3) is 5.44. The van der Waals surface area contributed by atoms with E-state index in [1.165, 1.54) is 14.0 Å². The maximum absolute atomic E-state index is 13.7. The molecule has 2 amide bonds. The number of carbonyl (C=O) groups excluding carboxylic acids is 2. The van der Waals surface area contributed by atoms with Crippen LogP contribution in [0.5, 0.6) is 5.88 Å². The first-order chi connectivity index (χ1) is 19.5. The predicted molar refractivity (Wildman–Crippen MR) is 146 cm³/mol. The van der Waals surface area contributed by atoms with Gasteiger partial charge < -0.3 is 9.84 Å². The van der Waals surface area contributed by atoms with E-state index in [9.17, 15) is 24.3 Å². The molecule has 1 unspecified atom stereocenters. The maximum Gasteiger partial charge on any atom is 2.00 e. The van der Waals surface area contributed by atoms with Gasteiger partial charge >= 0.3 is 22.2 Å². The molecule has 1 saturated heterocycles. The fourth-order valence-electron chi connectivity index (χ4n) is 6.70. The summed E-state index contributed by atoms with van der Waals surface area (Å²) in [5, 5.41) is 19.6. The van der Waals surface area contributed by atoms with Gasteiger partial charge in [0.15, 0.2) is 0 Å². The minimum absolute atomic E-state index is 0. The fourth-order valence-corrected chi connectivity index (χ4v) is 6.70. The number of hydrogen-bond acceptors (Lipinski definition) is 8. The number of ether oxygens (including phenoxy) is 1. The van der Waals surface area contributed by atoms with E-state index >= 15 is 0 Å². The first kappa shape index (κ1) is 29.4. The summed E-state index contributed by atoms with van der Waals surface area (Å²) in [5.74, 6) is -1.39. The molecular formula is C29H35N5NiO6+2. The second-order valence-electron chi connectivity index (χ2n) is 11.3. The van der Waals surface area contributed by atoms with Crippen LogP contribution in [0.4, 0.5) is 11.4 Å². The van der Waals surface area contributed by atoms with Crippen molar-refractivity contribution < 1.29 is 35.9 Å². The van der Waals surface area contributed by atoms with E-state index in [0.717, 1.165) is 64.2 Å². The number of carbonyl (C=O) groups is 2. The van der Waals surface area contributed by atoms with Crippen molar-refractivity contribution in [1.82, 2.24) is 14.0 Å². The molecule has 2 aliphatic carbocycles. The average molecular weight is 608 g/mol. The van der Waals surface area contributed by atoms with Gasteiger partial charge in [-0.25, -0.2) is 4.79 Å².